The molecule has 1 aromatic heterocycles. The predicted octanol–water partition coefficient (Wildman–Crippen LogP) is 4.15. The molecule has 1 aliphatic heterocycles. The van der Waals surface area contributed by atoms with Gasteiger partial charge in [-0.3, -0.25) is 0 Å². The van der Waals surface area contributed by atoms with Crippen LogP contribution in [-0.2, 0) is 16.4 Å². The standard InChI is InChI=1S/C20H20F6N4O3S/c1-29(2)11-27-34(31,32)30-7-5-18(6-8-30)16(19(18,22)23)15-10-33-17(28-15)13-4-3-12(21)9-14(13)20(24,25)26/h3-4,9-11,16H,5-8H2,1-2H3/b27-11+/t16-/m0/s1. The molecule has 186 valence electrons. The molecule has 34 heavy (non-hydrogen) atoms. The van der Waals surface area contributed by atoms with Crippen molar-refractivity contribution in [3.63, 3.8) is 0 Å². The molecule has 1 saturated heterocycles. The van der Waals surface area contributed by atoms with Gasteiger partial charge in [0.05, 0.1) is 22.6 Å². The normalized spacial score (nSPS) is 22.4. The van der Waals surface area contributed by atoms with Gasteiger partial charge in [0.25, 0.3) is 5.92 Å². The molecule has 2 aliphatic rings. The van der Waals surface area contributed by atoms with Crippen molar-refractivity contribution in [3.8, 4) is 11.5 Å². The number of hydrogen-bond donors (Lipinski definition) is 0. The summed E-state index contributed by atoms with van der Waals surface area (Å²) in [6.45, 7) is -0.389. The van der Waals surface area contributed by atoms with Gasteiger partial charge in [0.15, 0.2) is 0 Å². The van der Waals surface area contributed by atoms with Crippen LogP contribution in [0.1, 0.15) is 30.0 Å². The zero-order valence-corrected chi connectivity index (χ0v) is 18.8. The maximum Gasteiger partial charge on any atom is 0.417 e. The van der Waals surface area contributed by atoms with E-state index in [-0.39, 0.29) is 37.7 Å². The largest absolute Gasteiger partial charge is 0.444 e. The van der Waals surface area contributed by atoms with Gasteiger partial charge in [0.1, 0.15) is 18.4 Å². The molecule has 0 amide bonds. The molecule has 1 atom stereocenters. The Labute approximate surface area is 191 Å². The Morgan fingerprint density at radius 2 is 1.88 bits per heavy atom. The van der Waals surface area contributed by atoms with E-state index in [1.165, 1.54) is 4.90 Å². The molecule has 1 saturated carbocycles. The van der Waals surface area contributed by atoms with Gasteiger partial charge in [-0.25, -0.2) is 18.2 Å². The summed E-state index contributed by atoms with van der Waals surface area (Å²) < 4.78 is 117. The first-order valence-corrected chi connectivity index (χ1v) is 11.5. The Kier molecular flexibility index (Phi) is 5.75. The summed E-state index contributed by atoms with van der Waals surface area (Å²) in [5.74, 6) is -6.37. The summed E-state index contributed by atoms with van der Waals surface area (Å²) in [5.41, 5.74) is -3.74. The number of piperidine rings is 1. The van der Waals surface area contributed by atoms with Gasteiger partial charge < -0.3 is 9.32 Å². The fourth-order valence-corrected chi connectivity index (χ4v) is 5.50. The molecule has 0 bridgehead atoms. The van der Waals surface area contributed by atoms with Crippen molar-refractivity contribution in [1.82, 2.24) is 14.2 Å². The highest BCUT2D eigenvalue weighted by Gasteiger charge is 2.81. The minimum atomic E-state index is -4.91. The molecule has 0 radical (unpaired) electrons. The predicted molar refractivity (Wildman–Crippen MR) is 109 cm³/mol. The molecule has 0 unspecified atom stereocenters. The van der Waals surface area contributed by atoms with E-state index in [0.717, 1.165) is 29.0 Å². The molecule has 1 spiro atoms. The maximum atomic E-state index is 14.9. The number of benzene rings is 1. The van der Waals surface area contributed by atoms with Crippen molar-refractivity contribution in [1.29, 1.82) is 0 Å². The van der Waals surface area contributed by atoms with Crippen LogP contribution in [0.4, 0.5) is 26.3 Å². The average Bonchev–Trinajstić information content (AvgIpc) is 3.05. The zero-order valence-electron chi connectivity index (χ0n) is 18.0. The molecule has 2 fully saturated rings. The van der Waals surface area contributed by atoms with E-state index < -0.39 is 56.5 Å². The third-order valence-electron chi connectivity index (χ3n) is 6.18. The molecule has 1 aromatic carbocycles. The van der Waals surface area contributed by atoms with Crippen molar-refractivity contribution in [2.75, 3.05) is 27.2 Å². The first-order valence-electron chi connectivity index (χ1n) is 10.1. The van der Waals surface area contributed by atoms with E-state index in [4.69, 9.17) is 4.42 Å². The van der Waals surface area contributed by atoms with Gasteiger partial charge in [0, 0.05) is 32.7 Å². The van der Waals surface area contributed by atoms with E-state index in [2.05, 4.69) is 9.38 Å². The summed E-state index contributed by atoms with van der Waals surface area (Å²) >= 11 is 0. The Morgan fingerprint density at radius 1 is 1.24 bits per heavy atom. The van der Waals surface area contributed by atoms with Crippen molar-refractivity contribution in [3.05, 3.63) is 41.5 Å². The Balaban J connectivity index is 1.56. The van der Waals surface area contributed by atoms with Gasteiger partial charge in [-0.1, -0.05) is 0 Å². The Bertz CT molecular complexity index is 1220. The van der Waals surface area contributed by atoms with Crippen molar-refractivity contribution in [2.24, 2.45) is 9.81 Å². The summed E-state index contributed by atoms with van der Waals surface area (Å²) in [6, 6.07) is 1.89. The second-order valence-corrected chi connectivity index (χ2v) is 10.2. The quantitative estimate of drug-likeness (QED) is 0.343. The lowest BCUT2D eigenvalue weighted by molar-refractivity contribution is -0.137. The lowest BCUT2D eigenvalue weighted by atomic mass is 9.91. The van der Waals surface area contributed by atoms with Crippen LogP contribution in [0.25, 0.3) is 11.5 Å². The average molecular weight is 510 g/mol. The van der Waals surface area contributed by atoms with Gasteiger partial charge >= 0.3 is 16.4 Å². The maximum absolute atomic E-state index is 14.9. The number of halogens is 6. The molecule has 1 aliphatic carbocycles. The van der Waals surface area contributed by atoms with Gasteiger partial charge in [0.2, 0.25) is 5.89 Å². The molecule has 14 heteroatoms. The van der Waals surface area contributed by atoms with E-state index in [1.807, 2.05) is 0 Å². The molecule has 0 N–H and O–H groups in total. The highest BCUT2D eigenvalue weighted by molar-refractivity contribution is 7.87. The van der Waals surface area contributed by atoms with E-state index >= 15 is 0 Å². The van der Waals surface area contributed by atoms with Gasteiger partial charge in [-0.2, -0.15) is 25.9 Å². The van der Waals surface area contributed by atoms with Crippen LogP contribution in [0, 0.1) is 11.2 Å². The molecular weight excluding hydrogens is 490 g/mol. The molecule has 2 aromatic rings. The van der Waals surface area contributed by atoms with Crippen LogP contribution < -0.4 is 0 Å². The first kappa shape index (κ1) is 24.5. The first-order chi connectivity index (χ1) is 15.7. The summed E-state index contributed by atoms with van der Waals surface area (Å²) in [6.07, 6.45) is -3.32. The molecule has 4 rings (SSSR count). The van der Waals surface area contributed by atoms with Crippen LogP contribution >= 0.6 is 0 Å². The Hall–Kier alpha value is -2.61. The summed E-state index contributed by atoms with van der Waals surface area (Å²) in [4.78, 5) is 5.30. The highest BCUT2D eigenvalue weighted by atomic mass is 32.2. The highest BCUT2D eigenvalue weighted by Crippen LogP contribution is 2.75. The third-order valence-corrected chi connectivity index (χ3v) is 7.56. The zero-order chi connectivity index (χ0) is 25.1. The molecule has 2 heterocycles. The van der Waals surface area contributed by atoms with Crippen molar-refractivity contribution in [2.45, 2.75) is 30.9 Å². The van der Waals surface area contributed by atoms with Crippen molar-refractivity contribution < 1.29 is 39.2 Å². The van der Waals surface area contributed by atoms with E-state index in [1.54, 1.807) is 14.1 Å². The minimum absolute atomic E-state index is 0.187. The van der Waals surface area contributed by atoms with Crippen LogP contribution in [-0.4, -0.2) is 62.1 Å². The third kappa shape index (κ3) is 4.06. The van der Waals surface area contributed by atoms with Crippen LogP contribution in [0.15, 0.2) is 33.3 Å². The molecular formula is C20H20F6N4O3S. The van der Waals surface area contributed by atoms with Gasteiger partial charge in [-0.15, -0.1) is 4.40 Å². The van der Waals surface area contributed by atoms with E-state index in [9.17, 15) is 34.8 Å². The fourth-order valence-electron chi connectivity index (χ4n) is 4.42. The summed E-state index contributed by atoms with van der Waals surface area (Å²) in [7, 11) is -0.872. The smallest absolute Gasteiger partial charge is 0.417 e. The number of aromatic nitrogens is 1. The lowest BCUT2D eigenvalue weighted by Gasteiger charge is -2.30. The van der Waals surface area contributed by atoms with Gasteiger partial charge in [-0.05, 0) is 31.0 Å². The minimum Gasteiger partial charge on any atom is -0.444 e. The van der Waals surface area contributed by atoms with Crippen LogP contribution in [0.5, 0.6) is 0 Å². The number of hydrogen-bond acceptors (Lipinski definition) is 4. The summed E-state index contributed by atoms with van der Waals surface area (Å²) in [5, 5.41) is 0. The monoisotopic (exact) mass is 510 g/mol. The Morgan fingerprint density at radius 3 is 2.47 bits per heavy atom. The van der Waals surface area contributed by atoms with Crippen LogP contribution in [0.3, 0.4) is 0 Å². The fraction of sp³-hybridized carbons (Fsp3) is 0.500. The van der Waals surface area contributed by atoms with Crippen molar-refractivity contribution >= 4 is 16.5 Å². The number of oxazole rings is 1. The topological polar surface area (TPSA) is 79.0 Å². The van der Waals surface area contributed by atoms with E-state index in [0.29, 0.717) is 0 Å². The van der Waals surface area contributed by atoms with Crippen LogP contribution in [0.2, 0.25) is 0 Å². The lowest BCUT2D eigenvalue weighted by Crippen LogP contribution is -2.40. The second kappa shape index (κ2) is 7.97. The SMILES string of the molecule is CN(C)/C=N/S(=O)(=O)N1CCC2(CC1)[C@H](c1coc(-c3ccc(F)cc3C(F)(F)F)n1)C2(F)F. The number of alkyl halides is 5. The second-order valence-electron chi connectivity index (χ2n) is 8.54. The molecule has 7 nitrogen and oxygen atoms in total. The number of rotatable bonds is 5. The number of nitrogens with zero attached hydrogens (tertiary/aromatic N) is 4.